The molecule has 0 radical (unpaired) electrons. The maximum atomic E-state index is 5.49. The molecule has 35 heavy (non-hydrogen) atoms. The van der Waals surface area contributed by atoms with E-state index in [-0.39, 0.29) is 0 Å². The third kappa shape index (κ3) is 9.46. The van der Waals surface area contributed by atoms with Gasteiger partial charge in [0.1, 0.15) is 13.1 Å². The van der Waals surface area contributed by atoms with E-state index in [4.69, 9.17) is 9.47 Å². The summed E-state index contributed by atoms with van der Waals surface area (Å²) < 4.78 is 15.2. The Morgan fingerprint density at radius 3 is 1.60 bits per heavy atom. The van der Waals surface area contributed by atoms with Gasteiger partial charge in [-0.1, -0.05) is 11.4 Å². The molecule has 2 rings (SSSR count). The predicted molar refractivity (Wildman–Crippen MR) is 146 cm³/mol. The molecule has 0 aromatic rings. The predicted octanol–water partition coefficient (Wildman–Crippen LogP) is 3.90. The second kappa shape index (κ2) is 16.1. The third-order valence-corrected chi connectivity index (χ3v) is 6.10. The Hall–Kier alpha value is -2.70. The zero-order valence-electron chi connectivity index (χ0n) is 22.4. The summed E-state index contributed by atoms with van der Waals surface area (Å²) in [5.74, 6) is 0. The average Bonchev–Trinajstić information content (AvgIpc) is 2.88. The molecule has 0 unspecified atom stereocenters. The maximum Gasteiger partial charge on any atom is 0.135 e. The Labute approximate surface area is 214 Å². The van der Waals surface area contributed by atoms with Crippen LogP contribution in [0, 0.1) is 24.9 Å². The first-order valence-electron chi connectivity index (χ1n) is 12.9. The van der Waals surface area contributed by atoms with E-state index in [1.807, 2.05) is 13.8 Å². The highest BCUT2D eigenvalue weighted by Gasteiger charge is 2.16. The van der Waals surface area contributed by atoms with Gasteiger partial charge in [-0.3, -0.25) is 12.8 Å². The van der Waals surface area contributed by atoms with E-state index >= 15 is 0 Å². The van der Waals surface area contributed by atoms with Gasteiger partial charge in [-0.2, -0.15) is 12.2 Å². The summed E-state index contributed by atoms with van der Waals surface area (Å²) in [6.45, 7) is 19.5. The lowest BCUT2D eigenvalue weighted by Gasteiger charge is -2.39. The fourth-order valence-corrected chi connectivity index (χ4v) is 4.14. The van der Waals surface area contributed by atoms with Gasteiger partial charge in [0.25, 0.3) is 0 Å². The standard InChI is InChI=1S/C29H46N4O2/c1-7-34-24-14-22-32(5)28-18-11-9-16-26(28)30(3)20-13-21-31(4)27-17-10-12-19-29(27)33(6)23-15-25-35-8-2/h9-12,16-19H,3-4,7-8,13-15,20-25H2,1-2,5-6H3/q-2. The summed E-state index contributed by atoms with van der Waals surface area (Å²) in [6, 6.07) is 2.30. The van der Waals surface area contributed by atoms with Crippen molar-refractivity contribution in [3.63, 3.8) is 0 Å². The minimum Gasteiger partial charge on any atom is -0.437 e. The SMILES string of the molecule is C=[N+](CCC[N+](=C)[C-]1C=C[CH-]C=C1N(C)CCCOCC)[C-]1C=C[CH-]C=C1N(C)CCCOCC. The molecule has 0 atom stereocenters. The van der Waals surface area contributed by atoms with E-state index in [0.29, 0.717) is 0 Å². The van der Waals surface area contributed by atoms with Gasteiger partial charge in [-0.15, -0.1) is 0 Å². The van der Waals surface area contributed by atoms with Crippen molar-refractivity contribution >= 4 is 13.4 Å². The summed E-state index contributed by atoms with van der Waals surface area (Å²) in [5.41, 5.74) is 2.40. The largest absolute Gasteiger partial charge is 0.437 e. The Bertz CT molecular complexity index is 720. The number of allylic oxidation sites excluding steroid dienone is 4. The van der Waals surface area contributed by atoms with Crippen molar-refractivity contribution in [3.05, 3.63) is 72.8 Å². The lowest BCUT2D eigenvalue weighted by atomic mass is 10.0. The van der Waals surface area contributed by atoms with E-state index < -0.39 is 0 Å². The second-order valence-electron chi connectivity index (χ2n) is 8.80. The van der Waals surface area contributed by atoms with Crippen LogP contribution in [0.25, 0.3) is 0 Å². The van der Waals surface area contributed by atoms with Crippen LogP contribution in [0.4, 0.5) is 0 Å². The quantitative estimate of drug-likeness (QED) is 0.128. The number of ether oxygens (including phenoxy) is 2. The van der Waals surface area contributed by atoms with Gasteiger partial charge in [0, 0.05) is 51.6 Å². The van der Waals surface area contributed by atoms with Crippen LogP contribution >= 0.6 is 0 Å². The molecule has 0 aromatic carbocycles. The highest BCUT2D eigenvalue weighted by atomic mass is 16.5. The molecule has 0 saturated heterocycles. The molecular weight excluding hydrogens is 436 g/mol. The van der Waals surface area contributed by atoms with Crippen molar-refractivity contribution in [2.75, 3.05) is 66.7 Å². The number of hydrogen-bond donors (Lipinski definition) is 0. The topological polar surface area (TPSA) is 31.0 Å². The van der Waals surface area contributed by atoms with Crippen LogP contribution < -0.4 is 0 Å². The van der Waals surface area contributed by atoms with E-state index in [0.717, 1.165) is 84.0 Å². The molecule has 2 aliphatic rings. The van der Waals surface area contributed by atoms with Crippen LogP contribution in [0.15, 0.2) is 47.9 Å². The van der Waals surface area contributed by atoms with Crippen LogP contribution in [-0.2, 0) is 9.47 Å². The van der Waals surface area contributed by atoms with Crippen molar-refractivity contribution in [2.45, 2.75) is 33.1 Å². The van der Waals surface area contributed by atoms with E-state index in [2.05, 4.69) is 95.8 Å². The van der Waals surface area contributed by atoms with Crippen LogP contribution in [-0.4, -0.2) is 99.1 Å². The lowest BCUT2D eigenvalue weighted by molar-refractivity contribution is -0.523. The average molecular weight is 483 g/mol. The van der Waals surface area contributed by atoms with Crippen molar-refractivity contribution in [1.29, 1.82) is 0 Å². The monoisotopic (exact) mass is 482 g/mol. The fourth-order valence-electron chi connectivity index (χ4n) is 4.14. The second-order valence-corrected chi connectivity index (χ2v) is 8.80. The van der Waals surface area contributed by atoms with Gasteiger partial charge in [-0.05, 0) is 40.8 Å². The Balaban J connectivity index is 1.83. The summed E-state index contributed by atoms with van der Waals surface area (Å²) >= 11 is 0. The van der Waals surface area contributed by atoms with Crippen LogP contribution in [0.5, 0.6) is 0 Å². The minimum absolute atomic E-state index is 0.769. The number of rotatable bonds is 18. The Kier molecular flexibility index (Phi) is 13.1. The highest BCUT2D eigenvalue weighted by molar-refractivity contribution is 5.39. The molecule has 0 amide bonds. The summed E-state index contributed by atoms with van der Waals surface area (Å²) in [6.07, 6.45) is 19.9. The molecule has 0 saturated carbocycles. The molecule has 0 N–H and O–H groups in total. The fraction of sp³-hybridized carbons (Fsp3) is 0.517. The van der Waals surface area contributed by atoms with Gasteiger partial charge >= 0.3 is 0 Å². The lowest BCUT2D eigenvalue weighted by Crippen LogP contribution is -2.32. The van der Waals surface area contributed by atoms with Crippen LogP contribution in [0.1, 0.15) is 33.1 Å². The minimum atomic E-state index is 0.769. The first-order chi connectivity index (χ1) is 17.0. The first-order valence-corrected chi connectivity index (χ1v) is 12.9. The van der Waals surface area contributed by atoms with Gasteiger partial charge in [0.15, 0.2) is 0 Å². The molecule has 0 bridgehead atoms. The maximum absolute atomic E-state index is 5.49. The van der Waals surface area contributed by atoms with Crippen LogP contribution in [0.2, 0.25) is 0 Å². The number of likely N-dealkylation sites (N-methyl/N-ethyl adjacent to an activating group) is 2. The molecule has 0 fully saturated rings. The van der Waals surface area contributed by atoms with E-state index in [9.17, 15) is 0 Å². The Morgan fingerprint density at radius 1 is 0.771 bits per heavy atom. The molecule has 0 aromatic heterocycles. The third-order valence-electron chi connectivity index (χ3n) is 6.10. The van der Waals surface area contributed by atoms with Crippen molar-refractivity contribution in [1.82, 2.24) is 9.80 Å². The van der Waals surface area contributed by atoms with Crippen molar-refractivity contribution < 1.29 is 18.6 Å². The highest BCUT2D eigenvalue weighted by Crippen LogP contribution is 2.26. The molecule has 6 heteroatoms. The van der Waals surface area contributed by atoms with E-state index in [1.165, 1.54) is 11.4 Å². The van der Waals surface area contributed by atoms with Crippen molar-refractivity contribution in [3.8, 4) is 0 Å². The molecule has 6 nitrogen and oxygen atoms in total. The molecule has 0 spiro atoms. The molecule has 196 valence electrons. The summed E-state index contributed by atoms with van der Waals surface area (Å²) in [7, 11) is 4.27. The van der Waals surface area contributed by atoms with Crippen LogP contribution in [0.3, 0.4) is 0 Å². The normalized spacial score (nSPS) is 14.7. The van der Waals surface area contributed by atoms with E-state index in [1.54, 1.807) is 0 Å². The van der Waals surface area contributed by atoms with Gasteiger partial charge < -0.3 is 28.4 Å². The summed E-state index contributed by atoms with van der Waals surface area (Å²) in [4.78, 5) is 4.58. The molecule has 2 aliphatic carbocycles. The van der Waals surface area contributed by atoms with Gasteiger partial charge in [0.2, 0.25) is 0 Å². The van der Waals surface area contributed by atoms with Gasteiger partial charge in [-0.25, -0.2) is 24.3 Å². The molecule has 0 heterocycles. The Morgan fingerprint density at radius 2 is 1.20 bits per heavy atom. The number of hydrogen-bond acceptors (Lipinski definition) is 4. The van der Waals surface area contributed by atoms with Crippen molar-refractivity contribution in [2.24, 2.45) is 0 Å². The molecular formula is C29H46N4O2-2. The zero-order valence-corrected chi connectivity index (χ0v) is 22.4. The smallest absolute Gasteiger partial charge is 0.135 e. The number of nitrogens with zero attached hydrogens (tertiary/aromatic N) is 4. The molecule has 0 aliphatic heterocycles. The first kappa shape index (κ1) is 28.5. The summed E-state index contributed by atoms with van der Waals surface area (Å²) in [5, 5.41) is 0. The zero-order chi connectivity index (χ0) is 25.5. The van der Waals surface area contributed by atoms with Gasteiger partial charge in [0.05, 0.1) is 19.9 Å².